The number of aryl methyl sites for hydroxylation is 1. The van der Waals surface area contributed by atoms with Gasteiger partial charge in [0.2, 0.25) is 0 Å². The van der Waals surface area contributed by atoms with E-state index in [4.69, 9.17) is 9.47 Å². The lowest BCUT2D eigenvalue weighted by atomic mass is 10.0. The van der Waals surface area contributed by atoms with Crippen molar-refractivity contribution in [1.82, 2.24) is 0 Å². The maximum atomic E-state index is 12.4. The van der Waals surface area contributed by atoms with Gasteiger partial charge in [-0.1, -0.05) is 18.2 Å². The minimum atomic E-state index is -0.0472. The summed E-state index contributed by atoms with van der Waals surface area (Å²) >= 11 is 0. The number of Topliss-reactive ketones (excluding diaryl/α,β-unsaturated/α-hetero) is 1. The van der Waals surface area contributed by atoms with Gasteiger partial charge in [-0.3, -0.25) is 4.79 Å². The number of rotatable bonds is 6. The highest BCUT2D eigenvalue weighted by molar-refractivity contribution is 5.99. The molecule has 0 fully saturated rings. The molecule has 0 aliphatic carbocycles. The van der Waals surface area contributed by atoms with E-state index in [-0.39, 0.29) is 11.5 Å². The van der Waals surface area contributed by atoms with Crippen LogP contribution in [0.15, 0.2) is 42.5 Å². The predicted octanol–water partition coefficient (Wildman–Crippen LogP) is 3.22. The molecule has 4 heteroatoms. The summed E-state index contributed by atoms with van der Waals surface area (Å²) in [5.74, 6) is 1.30. The van der Waals surface area contributed by atoms with Crippen molar-refractivity contribution in [3.63, 3.8) is 0 Å². The maximum Gasteiger partial charge on any atom is 0.167 e. The monoisotopic (exact) mass is 286 g/mol. The van der Waals surface area contributed by atoms with Crippen LogP contribution in [0.3, 0.4) is 0 Å². The molecule has 110 valence electrons. The van der Waals surface area contributed by atoms with Gasteiger partial charge in [-0.15, -0.1) is 0 Å². The van der Waals surface area contributed by atoms with E-state index in [2.05, 4.69) is 0 Å². The Morgan fingerprint density at radius 3 is 2.52 bits per heavy atom. The lowest BCUT2D eigenvalue weighted by molar-refractivity contribution is 0.0979. The van der Waals surface area contributed by atoms with Crippen LogP contribution in [0.2, 0.25) is 0 Å². The highest BCUT2D eigenvalue weighted by Gasteiger charge is 2.14. The van der Waals surface area contributed by atoms with Crippen LogP contribution in [0.1, 0.15) is 22.3 Å². The zero-order chi connectivity index (χ0) is 15.2. The second kappa shape index (κ2) is 6.79. The number of aromatic hydroxyl groups is 1. The first-order valence-corrected chi connectivity index (χ1v) is 6.67. The highest BCUT2D eigenvalue weighted by Crippen LogP contribution is 2.26. The van der Waals surface area contributed by atoms with Gasteiger partial charge in [0, 0.05) is 6.42 Å². The summed E-state index contributed by atoms with van der Waals surface area (Å²) in [4.78, 5) is 12.4. The maximum absolute atomic E-state index is 12.4. The van der Waals surface area contributed by atoms with Crippen molar-refractivity contribution in [2.75, 3.05) is 14.2 Å². The Bertz CT molecular complexity index is 634. The average Bonchev–Trinajstić information content (AvgIpc) is 2.53. The quantitative estimate of drug-likeness (QED) is 0.828. The van der Waals surface area contributed by atoms with Crippen LogP contribution < -0.4 is 9.47 Å². The van der Waals surface area contributed by atoms with Crippen molar-refractivity contribution in [1.29, 1.82) is 0 Å². The van der Waals surface area contributed by atoms with E-state index in [1.807, 2.05) is 12.1 Å². The van der Waals surface area contributed by atoms with E-state index in [1.165, 1.54) is 7.11 Å². The fourth-order valence-corrected chi connectivity index (χ4v) is 2.14. The van der Waals surface area contributed by atoms with E-state index in [1.54, 1.807) is 37.4 Å². The molecule has 0 bridgehead atoms. The third-order valence-corrected chi connectivity index (χ3v) is 3.32. The molecule has 1 N–H and O–H groups in total. The van der Waals surface area contributed by atoms with E-state index >= 15 is 0 Å². The molecule has 2 rings (SSSR count). The summed E-state index contributed by atoms with van der Waals surface area (Å²) in [5.41, 5.74) is 1.25. The number of ketones is 1. The molecule has 0 saturated carbocycles. The van der Waals surface area contributed by atoms with Crippen LogP contribution in [0.4, 0.5) is 0 Å². The highest BCUT2D eigenvalue weighted by atomic mass is 16.5. The van der Waals surface area contributed by atoms with E-state index in [9.17, 15) is 9.90 Å². The molecule has 2 aromatic rings. The van der Waals surface area contributed by atoms with Crippen molar-refractivity contribution in [3.05, 3.63) is 53.6 Å². The SMILES string of the molecule is COc1ccc(OC)c(C(=O)CCc2ccccc2O)c1. The third-order valence-electron chi connectivity index (χ3n) is 3.32. The van der Waals surface area contributed by atoms with Crippen LogP contribution in [-0.2, 0) is 6.42 Å². The number of methoxy groups -OCH3 is 2. The van der Waals surface area contributed by atoms with Gasteiger partial charge in [0.05, 0.1) is 19.8 Å². The number of ether oxygens (including phenoxy) is 2. The summed E-state index contributed by atoms with van der Waals surface area (Å²) in [7, 11) is 3.08. The lowest BCUT2D eigenvalue weighted by Gasteiger charge is -2.10. The van der Waals surface area contributed by atoms with Crippen molar-refractivity contribution < 1.29 is 19.4 Å². The average molecular weight is 286 g/mol. The summed E-state index contributed by atoms with van der Waals surface area (Å²) < 4.78 is 10.4. The van der Waals surface area contributed by atoms with Gasteiger partial charge < -0.3 is 14.6 Å². The smallest absolute Gasteiger partial charge is 0.167 e. The second-order valence-electron chi connectivity index (χ2n) is 4.62. The molecule has 0 radical (unpaired) electrons. The Labute approximate surface area is 123 Å². The second-order valence-corrected chi connectivity index (χ2v) is 4.62. The molecular weight excluding hydrogens is 268 g/mol. The van der Waals surface area contributed by atoms with E-state index in [0.717, 1.165) is 5.56 Å². The summed E-state index contributed by atoms with van der Waals surface area (Å²) in [5, 5.41) is 9.72. The van der Waals surface area contributed by atoms with Gasteiger partial charge in [0.25, 0.3) is 0 Å². The Hall–Kier alpha value is -2.49. The molecule has 0 amide bonds. The van der Waals surface area contributed by atoms with Gasteiger partial charge in [-0.25, -0.2) is 0 Å². The van der Waals surface area contributed by atoms with Crippen LogP contribution in [0, 0.1) is 0 Å². The molecule has 0 unspecified atom stereocenters. The fourth-order valence-electron chi connectivity index (χ4n) is 2.14. The molecule has 4 nitrogen and oxygen atoms in total. The summed E-state index contributed by atoms with van der Waals surface area (Å²) in [6.07, 6.45) is 0.771. The number of para-hydroxylation sites is 1. The van der Waals surface area contributed by atoms with Gasteiger partial charge in [-0.2, -0.15) is 0 Å². The molecule has 0 atom stereocenters. The Kier molecular flexibility index (Phi) is 4.82. The van der Waals surface area contributed by atoms with Crippen molar-refractivity contribution in [3.8, 4) is 17.2 Å². The minimum Gasteiger partial charge on any atom is -0.508 e. The van der Waals surface area contributed by atoms with E-state index < -0.39 is 0 Å². The molecular formula is C17H18O4. The Morgan fingerprint density at radius 1 is 1.10 bits per heavy atom. The summed E-state index contributed by atoms with van der Waals surface area (Å²) in [6.45, 7) is 0. The third kappa shape index (κ3) is 3.54. The fraction of sp³-hybridized carbons (Fsp3) is 0.235. The van der Waals surface area contributed by atoms with Crippen LogP contribution in [-0.4, -0.2) is 25.1 Å². The zero-order valence-corrected chi connectivity index (χ0v) is 12.1. The normalized spacial score (nSPS) is 10.2. The van der Waals surface area contributed by atoms with Gasteiger partial charge in [0.15, 0.2) is 5.78 Å². The first kappa shape index (κ1) is 14.9. The van der Waals surface area contributed by atoms with Crippen LogP contribution in [0.25, 0.3) is 0 Å². The Balaban J connectivity index is 2.15. The van der Waals surface area contributed by atoms with Gasteiger partial charge in [0.1, 0.15) is 17.2 Å². The molecule has 0 saturated heterocycles. The number of phenols is 1. The topological polar surface area (TPSA) is 55.8 Å². The first-order valence-electron chi connectivity index (χ1n) is 6.67. The Morgan fingerprint density at radius 2 is 1.86 bits per heavy atom. The van der Waals surface area contributed by atoms with Gasteiger partial charge in [-0.05, 0) is 36.2 Å². The van der Waals surface area contributed by atoms with E-state index in [0.29, 0.717) is 29.9 Å². The molecule has 2 aromatic carbocycles. The number of hydrogen-bond donors (Lipinski definition) is 1. The van der Waals surface area contributed by atoms with Crippen LogP contribution >= 0.6 is 0 Å². The minimum absolute atomic E-state index is 0.0472. The number of carbonyl (C=O) groups excluding carboxylic acids is 1. The number of carbonyl (C=O) groups is 1. The number of hydrogen-bond acceptors (Lipinski definition) is 4. The van der Waals surface area contributed by atoms with Crippen molar-refractivity contribution in [2.24, 2.45) is 0 Å². The zero-order valence-electron chi connectivity index (χ0n) is 12.1. The molecule has 0 heterocycles. The number of phenolic OH excluding ortho intramolecular Hbond substituents is 1. The standard InChI is InChI=1S/C17H18O4/c1-20-13-8-10-17(21-2)14(11-13)16(19)9-7-12-5-3-4-6-15(12)18/h3-6,8,10-11,18H,7,9H2,1-2H3. The van der Waals surface area contributed by atoms with Gasteiger partial charge >= 0.3 is 0 Å². The predicted molar refractivity (Wildman–Crippen MR) is 80.3 cm³/mol. The first-order chi connectivity index (χ1) is 10.2. The molecule has 0 aromatic heterocycles. The van der Waals surface area contributed by atoms with Crippen molar-refractivity contribution in [2.45, 2.75) is 12.8 Å². The molecule has 0 aliphatic rings. The largest absolute Gasteiger partial charge is 0.508 e. The lowest BCUT2D eigenvalue weighted by Crippen LogP contribution is -2.04. The molecule has 21 heavy (non-hydrogen) atoms. The van der Waals surface area contributed by atoms with Crippen molar-refractivity contribution >= 4 is 5.78 Å². The molecule has 0 spiro atoms. The molecule has 0 aliphatic heterocycles. The summed E-state index contributed by atoms with van der Waals surface area (Å²) in [6, 6.07) is 12.2. The number of benzene rings is 2. The van der Waals surface area contributed by atoms with Crippen LogP contribution in [0.5, 0.6) is 17.2 Å².